The molecule has 0 aliphatic heterocycles. The second-order valence-electron chi connectivity index (χ2n) is 6.21. The number of hydrogen-bond acceptors (Lipinski definition) is 3. The highest BCUT2D eigenvalue weighted by Gasteiger charge is 2.07. The Balaban J connectivity index is 1.66. The Hall–Kier alpha value is -2.68. The van der Waals surface area contributed by atoms with E-state index < -0.39 is 0 Å². The summed E-state index contributed by atoms with van der Waals surface area (Å²) in [6.45, 7) is 5.81. The average Bonchev–Trinajstić information content (AvgIpc) is 2.66. The Kier molecular flexibility index (Phi) is 5.44. The summed E-state index contributed by atoms with van der Waals surface area (Å²) in [7, 11) is 1.70. The van der Waals surface area contributed by atoms with Crippen molar-refractivity contribution in [3.05, 3.63) is 66.2 Å². The van der Waals surface area contributed by atoms with Crippen LogP contribution >= 0.6 is 0 Å². The first kappa shape index (κ1) is 17.2. The lowest BCUT2D eigenvalue weighted by Gasteiger charge is -2.15. The fourth-order valence-corrected chi connectivity index (χ4v) is 2.90. The van der Waals surface area contributed by atoms with Crippen LogP contribution in [0, 0.1) is 0 Å². The van der Waals surface area contributed by atoms with E-state index in [-0.39, 0.29) is 0 Å². The minimum Gasteiger partial charge on any atom is -0.497 e. The highest BCUT2D eigenvalue weighted by Crippen LogP contribution is 2.25. The second kappa shape index (κ2) is 7.93. The molecule has 0 spiro atoms. The minimum atomic E-state index is 0.415. The summed E-state index contributed by atoms with van der Waals surface area (Å²) in [5.41, 5.74) is 2.44. The lowest BCUT2D eigenvalue weighted by Crippen LogP contribution is -2.09. The summed E-state index contributed by atoms with van der Waals surface area (Å²) in [5.74, 6) is 2.22. The molecule has 130 valence electrons. The Morgan fingerprint density at radius 3 is 2.28 bits per heavy atom. The summed E-state index contributed by atoms with van der Waals surface area (Å²) < 4.78 is 10.8. The van der Waals surface area contributed by atoms with Gasteiger partial charge in [-0.3, -0.25) is 0 Å². The molecule has 0 aliphatic rings. The fraction of sp³-hybridized carbons (Fsp3) is 0.273. The average molecular weight is 335 g/mol. The van der Waals surface area contributed by atoms with Gasteiger partial charge in [0.15, 0.2) is 0 Å². The summed E-state index contributed by atoms with van der Waals surface area (Å²) >= 11 is 0. The molecule has 3 heteroatoms. The van der Waals surface area contributed by atoms with E-state index in [1.165, 1.54) is 16.3 Å². The molecule has 25 heavy (non-hydrogen) atoms. The van der Waals surface area contributed by atoms with Gasteiger partial charge in [-0.25, -0.2) is 0 Å². The van der Waals surface area contributed by atoms with Gasteiger partial charge >= 0.3 is 0 Å². The van der Waals surface area contributed by atoms with E-state index in [0.717, 1.165) is 23.7 Å². The van der Waals surface area contributed by atoms with Gasteiger partial charge in [-0.05, 0) is 65.6 Å². The zero-order valence-electron chi connectivity index (χ0n) is 15.1. The van der Waals surface area contributed by atoms with Gasteiger partial charge in [0.1, 0.15) is 11.5 Å². The van der Waals surface area contributed by atoms with Gasteiger partial charge in [0.05, 0.1) is 13.7 Å². The van der Waals surface area contributed by atoms with Crippen molar-refractivity contribution in [1.29, 1.82) is 0 Å². The van der Waals surface area contributed by atoms with Crippen molar-refractivity contribution >= 4 is 16.5 Å². The van der Waals surface area contributed by atoms with E-state index in [2.05, 4.69) is 54.7 Å². The topological polar surface area (TPSA) is 30.5 Å². The summed E-state index contributed by atoms with van der Waals surface area (Å²) in [5, 5.41) is 5.95. The molecule has 1 atom stereocenters. The number of rotatable bonds is 7. The minimum absolute atomic E-state index is 0.415. The first-order valence-corrected chi connectivity index (χ1v) is 8.74. The number of benzene rings is 3. The van der Waals surface area contributed by atoms with Crippen LogP contribution in [0.5, 0.6) is 11.5 Å². The van der Waals surface area contributed by atoms with Crippen LogP contribution < -0.4 is 14.8 Å². The molecule has 0 fully saturated rings. The highest BCUT2D eigenvalue weighted by atomic mass is 16.5. The van der Waals surface area contributed by atoms with Gasteiger partial charge in [0.2, 0.25) is 0 Å². The molecule has 0 bridgehead atoms. The van der Waals surface area contributed by atoms with Gasteiger partial charge < -0.3 is 14.8 Å². The molecule has 3 nitrogen and oxygen atoms in total. The van der Waals surface area contributed by atoms with Crippen LogP contribution in [0.3, 0.4) is 0 Å². The Morgan fingerprint density at radius 1 is 0.880 bits per heavy atom. The molecule has 1 unspecified atom stereocenters. The molecule has 3 aromatic rings. The molecule has 0 amide bonds. The van der Waals surface area contributed by atoms with Gasteiger partial charge in [0.25, 0.3) is 0 Å². The molecule has 3 aromatic carbocycles. The Morgan fingerprint density at radius 2 is 1.56 bits per heavy atom. The maximum Gasteiger partial charge on any atom is 0.119 e. The Bertz CT molecular complexity index is 827. The van der Waals surface area contributed by atoms with E-state index in [1.54, 1.807) is 7.11 Å². The third kappa shape index (κ3) is 4.24. The van der Waals surface area contributed by atoms with Crippen LogP contribution in [0.15, 0.2) is 60.7 Å². The van der Waals surface area contributed by atoms with Gasteiger partial charge in [-0.1, -0.05) is 31.2 Å². The molecule has 0 saturated carbocycles. The summed E-state index contributed by atoms with van der Waals surface area (Å²) in [4.78, 5) is 0. The first-order chi connectivity index (χ1) is 12.2. The van der Waals surface area contributed by atoms with Crippen molar-refractivity contribution in [1.82, 2.24) is 0 Å². The predicted octanol–water partition coefficient (Wildman–Crippen LogP) is 5.46. The fourth-order valence-electron chi connectivity index (χ4n) is 2.90. The van der Waals surface area contributed by atoms with Crippen molar-refractivity contribution in [3.63, 3.8) is 0 Å². The zero-order valence-corrected chi connectivity index (χ0v) is 15.1. The predicted molar refractivity (Wildman–Crippen MR) is 105 cm³/mol. The quantitative estimate of drug-likeness (QED) is 0.621. The van der Waals surface area contributed by atoms with E-state index in [9.17, 15) is 0 Å². The molecule has 1 N–H and O–H groups in total. The number of methoxy groups -OCH3 is 1. The van der Waals surface area contributed by atoms with Crippen molar-refractivity contribution in [2.24, 2.45) is 0 Å². The summed E-state index contributed by atoms with van der Waals surface area (Å²) in [6, 6.07) is 20.9. The number of fused-ring (bicyclic) bond motifs is 1. The van der Waals surface area contributed by atoms with Crippen LogP contribution in [0.4, 0.5) is 5.69 Å². The van der Waals surface area contributed by atoms with Crippen molar-refractivity contribution in [3.8, 4) is 11.5 Å². The standard InChI is InChI=1S/C22H25NO2/c1-4-25-21-11-8-20(9-12-21)23-15-16(2)17-5-6-19-14-22(24-3)10-7-18(19)13-17/h5-14,16,23H,4,15H2,1-3H3. The molecule has 0 radical (unpaired) electrons. The molecule has 0 saturated heterocycles. The molecular weight excluding hydrogens is 310 g/mol. The maximum atomic E-state index is 5.48. The van der Waals surface area contributed by atoms with Crippen molar-refractivity contribution in [2.45, 2.75) is 19.8 Å². The van der Waals surface area contributed by atoms with Crippen LogP contribution in [-0.2, 0) is 0 Å². The number of ether oxygens (including phenoxy) is 2. The van der Waals surface area contributed by atoms with E-state index in [1.807, 2.05) is 25.1 Å². The van der Waals surface area contributed by atoms with Crippen LogP contribution in [0.2, 0.25) is 0 Å². The highest BCUT2D eigenvalue weighted by molar-refractivity contribution is 5.84. The zero-order chi connectivity index (χ0) is 17.6. The number of anilines is 1. The van der Waals surface area contributed by atoms with E-state index >= 15 is 0 Å². The van der Waals surface area contributed by atoms with Crippen molar-refractivity contribution in [2.75, 3.05) is 25.6 Å². The number of nitrogens with one attached hydrogen (secondary N) is 1. The first-order valence-electron chi connectivity index (χ1n) is 8.74. The third-order valence-corrected chi connectivity index (χ3v) is 4.42. The normalized spacial score (nSPS) is 12.0. The largest absolute Gasteiger partial charge is 0.497 e. The molecule has 0 aromatic heterocycles. The molecule has 0 heterocycles. The second-order valence-corrected chi connectivity index (χ2v) is 6.21. The SMILES string of the molecule is CCOc1ccc(NCC(C)c2ccc3cc(OC)ccc3c2)cc1. The smallest absolute Gasteiger partial charge is 0.119 e. The lowest BCUT2D eigenvalue weighted by molar-refractivity contribution is 0.340. The molecule has 3 rings (SSSR count). The van der Waals surface area contributed by atoms with Gasteiger partial charge in [-0.15, -0.1) is 0 Å². The van der Waals surface area contributed by atoms with Crippen LogP contribution in [0.25, 0.3) is 10.8 Å². The third-order valence-electron chi connectivity index (χ3n) is 4.42. The monoisotopic (exact) mass is 335 g/mol. The van der Waals surface area contributed by atoms with Gasteiger partial charge in [-0.2, -0.15) is 0 Å². The summed E-state index contributed by atoms with van der Waals surface area (Å²) in [6.07, 6.45) is 0. The molecule has 0 aliphatic carbocycles. The van der Waals surface area contributed by atoms with Crippen LogP contribution in [-0.4, -0.2) is 20.3 Å². The Labute approximate surface area is 149 Å². The molecular formula is C22H25NO2. The van der Waals surface area contributed by atoms with Crippen LogP contribution in [0.1, 0.15) is 25.3 Å². The van der Waals surface area contributed by atoms with E-state index in [0.29, 0.717) is 12.5 Å². The van der Waals surface area contributed by atoms with Crippen molar-refractivity contribution < 1.29 is 9.47 Å². The lowest BCUT2D eigenvalue weighted by atomic mass is 9.97. The number of hydrogen-bond donors (Lipinski definition) is 1. The van der Waals surface area contributed by atoms with Gasteiger partial charge in [0, 0.05) is 12.2 Å². The van der Waals surface area contributed by atoms with E-state index in [4.69, 9.17) is 9.47 Å². The maximum absolute atomic E-state index is 5.48.